The van der Waals surface area contributed by atoms with Crippen molar-refractivity contribution < 1.29 is 9.47 Å². The van der Waals surface area contributed by atoms with Gasteiger partial charge in [-0.2, -0.15) is 0 Å². The van der Waals surface area contributed by atoms with Crippen LogP contribution in [-0.2, 0) is 9.47 Å². The van der Waals surface area contributed by atoms with Crippen molar-refractivity contribution in [2.45, 2.75) is 46.3 Å². The van der Waals surface area contributed by atoms with Gasteiger partial charge in [0, 0.05) is 11.8 Å². The molecule has 1 saturated heterocycles. The molecule has 0 atom stereocenters. The number of hydrogen-bond acceptors (Lipinski definition) is 2. The van der Waals surface area contributed by atoms with E-state index >= 15 is 0 Å². The molecule has 0 aromatic carbocycles. The molecule has 0 aliphatic carbocycles. The maximum absolute atomic E-state index is 5.67. The molecule has 1 aliphatic rings. The molecule has 0 saturated carbocycles. The van der Waals surface area contributed by atoms with Crippen molar-refractivity contribution in [3.05, 3.63) is 12.2 Å². The molecule has 0 aromatic rings. The van der Waals surface area contributed by atoms with Crippen molar-refractivity contribution in [3.63, 3.8) is 0 Å². The minimum absolute atomic E-state index is 0.0175. The van der Waals surface area contributed by atoms with Crippen LogP contribution in [0.15, 0.2) is 12.2 Å². The molecule has 0 spiro atoms. The largest absolute Gasteiger partial charge is 0.352 e. The van der Waals surface area contributed by atoms with E-state index in [0.29, 0.717) is 0 Å². The van der Waals surface area contributed by atoms with Gasteiger partial charge in [-0.25, -0.2) is 0 Å². The Morgan fingerprint density at radius 1 is 1.36 bits per heavy atom. The molecule has 0 amide bonds. The van der Waals surface area contributed by atoms with Crippen molar-refractivity contribution in [2.24, 2.45) is 5.41 Å². The van der Waals surface area contributed by atoms with E-state index in [4.69, 9.17) is 9.47 Å². The van der Waals surface area contributed by atoms with Crippen molar-refractivity contribution >= 4 is 0 Å². The van der Waals surface area contributed by atoms with Crippen LogP contribution >= 0.6 is 0 Å². The van der Waals surface area contributed by atoms with Gasteiger partial charge in [-0.05, 0) is 13.3 Å². The van der Waals surface area contributed by atoms with E-state index < -0.39 is 0 Å². The van der Waals surface area contributed by atoms with Crippen molar-refractivity contribution in [1.29, 1.82) is 0 Å². The third kappa shape index (κ3) is 3.43. The molecular weight excluding hydrogens is 176 g/mol. The van der Waals surface area contributed by atoms with Gasteiger partial charge in [-0.15, -0.1) is 0 Å². The molecule has 0 bridgehead atoms. The molecule has 0 radical (unpaired) electrons. The summed E-state index contributed by atoms with van der Waals surface area (Å²) in [6.07, 6.45) is 7.36. The van der Waals surface area contributed by atoms with Gasteiger partial charge >= 0.3 is 0 Å². The molecule has 82 valence electrons. The van der Waals surface area contributed by atoms with Gasteiger partial charge in [0.05, 0.1) is 13.2 Å². The summed E-state index contributed by atoms with van der Waals surface area (Å²) >= 11 is 0. The Morgan fingerprint density at radius 2 is 2.00 bits per heavy atom. The monoisotopic (exact) mass is 198 g/mol. The molecule has 2 heteroatoms. The Hall–Kier alpha value is -0.340. The molecule has 0 unspecified atom stereocenters. The van der Waals surface area contributed by atoms with E-state index in [9.17, 15) is 0 Å². The van der Waals surface area contributed by atoms with Gasteiger partial charge in [-0.1, -0.05) is 32.4 Å². The lowest BCUT2D eigenvalue weighted by molar-refractivity contribution is -0.224. The van der Waals surface area contributed by atoms with E-state index in [1.54, 1.807) is 0 Å². The van der Waals surface area contributed by atoms with Crippen molar-refractivity contribution in [3.8, 4) is 0 Å². The van der Waals surface area contributed by atoms with Crippen LogP contribution in [0.2, 0.25) is 0 Å². The molecular formula is C12H22O2. The zero-order valence-electron chi connectivity index (χ0n) is 9.58. The molecule has 1 fully saturated rings. The Labute approximate surface area is 87.3 Å². The molecule has 1 aliphatic heterocycles. The third-order valence-corrected chi connectivity index (χ3v) is 2.65. The van der Waals surface area contributed by atoms with Crippen LogP contribution in [0.3, 0.4) is 0 Å². The minimum atomic E-state index is -0.0175. The summed E-state index contributed by atoms with van der Waals surface area (Å²) in [6.45, 7) is 8.13. The van der Waals surface area contributed by atoms with E-state index in [-0.39, 0.29) is 11.7 Å². The second-order valence-corrected chi connectivity index (χ2v) is 4.42. The van der Waals surface area contributed by atoms with E-state index in [1.807, 2.05) is 13.0 Å². The predicted molar refractivity (Wildman–Crippen MR) is 58.1 cm³/mol. The Kier molecular flexibility index (Phi) is 4.63. The third-order valence-electron chi connectivity index (χ3n) is 2.65. The average Bonchev–Trinajstić information content (AvgIpc) is 2.17. The van der Waals surface area contributed by atoms with Gasteiger partial charge in [-0.3, -0.25) is 0 Å². The first-order valence-corrected chi connectivity index (χ1v) is 5.54. The Morgan fingerprint density at radius 3 is 2.50 bits per heavy atom. The zero-order chi connectivity index (χ0) is 10.4. The van der Waals surface area contributed by atoms with Crippen LogP contribution in [0, 0.1) is 5.41 Å². The van der Waals surface area contributed by atoms with Gasteiger partial charge in [0.15, 0.2) is 6.29 Å². The summed E-state index contributed by atoms with van der Waals surface area (Å²) in [7, 11) is 0. The lowest BCUT2D eigenvalue weighted by atomic mass is 9.87. The van der Waals surface area contributed by atoms with E-state index in [1.165, 1.54) is 12.8 Å². The fraction of sp³-hybridized carbons (Fsp3) is 0.833. The quantitative estimate of drug-likeness (QED) is 0.646. The summed E-state index contributed by atoms with van der Waals surface area (Å²) < 4.78 is 11.3. The normalized spacial score (nSPS) is 33.8. The van der Waals surface area contributed by atoms with E-state index in [0.717, 1.165) is 19.6 Å². The lowest BCUT2D eigenvalue weighted by Gasteiger charge is -2.37. The minimum Gasteiger partial charge on any atom is -0.352 e. The van der Waals surface area contributed by atoms with Crippen molar-refractivity contribution in [2.75, 3.05) is 13.2 Å². The van der Waals surface area contributed by atoms with Crippen LogP contribution in [0.25, 0.3) is 0 Å². The summed E-state index contributed by atoms with van der Waals surface area (Å²) in [5.41, 5.74) is 0.237. The fourth-order valence-corrected chi connectivity index (χ4v) is 1.81. The highest BCUT2D eigenvalue weighted by Crippen LogP contribution is 2.29. The van der Waals surface area contributed by atoms with Gasteiger partial charge in [0.2, 0.25) is 0 Å². The van der Waals surface area contributed by atoms with Crippen LogP contribution in [0.1, 0.15) is 40.0 Å². The number of hydrogen-bond donors (Lipinski definition) is 0. The molecule has 2 nitrogen and oxygen atoms in total. The van der Waals surface area contributed by atoms with E-state index in [2.05, 4.69) is 19.9 Å². The molecule has 0 N–H and O–H groups in total. The fourth-order valence-electron chi connectivity index (χ4n) is 1.81. The maximum atomic E-state index is 5.67. The molecule has 1 rings (SSSR count). The average molecular weight is 198 g/mol. The first kappa shape index (κ1) is 11.7. The molecule has 0 aromatic heterocycles. The first-order chi connectivity index (χ1) is 6.70. The van der Waals surface area contributed by atoms with Gasteiger partial charge in [0.25, 0.3) is 0 Å². The number of allylic oxidation sites excluding steroid dienone is 1. The highest BCUT2D eigenvalue weighted by Gasteiger charge is 2.31. The molecule has 14 heavy (non-hydrogen) atoms. The van der Waals surface area contributed by atoms with Crippen LogP contribution < -0.4 is 0 Å². The predicted octanol–water partition coefficient (Wildman–Crippen LogP) is 3.13. The number of ether oxygens (including phenoxy) is 2. The zero-order valence-corrected chi connectivity index (χ0v) is 9.58. The summed E-state index contributed by atoms with van der Waals surface area (Å²) in [5.74, 6) is 0. The van der Waals surface area contributed by atoms with Gasteiger partial charge < -0.3 is 9.47 Å². The SMILES string of the molecule is C/C=C/CC1OCC(C)(CCC)CO1. The van der Waals surface area contributed by atoms with Crippen molar-refractivity contribution in [1.82, 2.24) is 0 Å². The lowest BCUT2D eigenvalue weighted by Crippen LogP contribution is -2.39. The number of rotatable bonds is 4. The summed E-state index contributed by atoms with van der Waals surface area (Å²) in [6, 6.07) is 0. The second kappa shape index (κ2) is 5.52. The smallest absolute Gasteiger partial charge is 0.161 e. The second-order valence-electron chi connectivity index (χ2n) is 4.42. The summed E-state index contributed by atoms with van der Waals surface area (Å²) in [5, 5.41) is 0. The summed E-state index contributed by atoms with van der Waals surface area (Å²) in [4.78, 5) is 0. The highest BCUT2D eigenvalue weighted by molar-refractivity contribution is 4.82. The highest BCUT2D eigenvalue weighted by atomic mass is 16.7. The van der Waals surface area contributed by atoms with Crippen LogP contribution in [-0.4, -0.2) is 19.5 Å². The standard InChI is InChI=1S/C12H22O2/c1-4-6-7-11-13-9-12(3,8-5-2)10-14-11/h4,6,11H,5,7-10H2,1-3H3/b6-4+. The van der Waals surface area contributed by atoms with Crippen LogP contribution in [0.4, 0.5) is 0 Å². The topological polar surface area (TPSA) is 18.5 Å². The Balaban J connectivity index is 2.30. The van der Waals surface area contributed by atoms with Gasteiger partial charge in [0.1, 0.15) is 0 Å². The Bertz CT molecular complexity index is 179. The first-order valence-electron chi connectivity index (χ1n) is 5.54. The van der Waals surface area contributed by atoms with Crippen LogP contribution in [0.5, 0.6) is 0 Å². The molecule has 1 heterocycles. The maximum Gasteiger partial charge on any atom is 0.161 e.